The predicted molar refractivity (Wildman–Crippen MR) is 106 cm³/mol. The normalized spacial score (nSPS) is 12.2. The van der Waals surface area contributed by atoms with Crippen molar-refractivity contribution in [3.8, 4) is 11.5 Å². The van der Waals surface area contributed by atoms with Crippen LogP contribution in [0.5, 0.6) is 11.5 Å². The molecule has 0 saturated heterocycles. The molecule has 2 aromatic carbocycles. The summed E-state index contributed by atoms with van der Waals surface area (Å²) in [5, 5.41) is 3.91. The Morgan fingerprint density at radius 3 is 2.22 bits per heavy atom. The number of hydrogen-bond acceptors (Lipinski definition) is 4. The van der Waals surface area contributed by atoms with Gasteiger partial charge in [-0.15, -0.1) is 0 Å². The quantitative estimate of drug-likeness (QED) is 0.674. The zero-order valence-electron chi connectivity index (χ0n) is 16.3. The highest BCUT2D eigenvalue weighted by Gasteiger charge is 2.24. The number of fused-ring (bicyclic) bond motifs is 1. The predicted octanol–water partition coefficient (Wildman–Crippen LogP) is 4.89. The highest BCUT2D eigenvalue weighted by molar-refractivity contribution is 6.07. The molecule has 0 fully saturated rings. The van der Waals surface area contributed by atoms with Gasteiger partial charge in [-0.1, -0.05) is 26.0 Å². The maximum Gasteiger partial charge on any atom is 0.255 e. The molecule has 0 spiro atoms. The van der Waals surface area contributed by atoms with Gasteiger partial charge in [0.15, 0.2) is 0 Å². The molecule has 0 radical (unpaired) electrons. The third kappa shape index (κ3) is 3.77. The summed E-state index contributed by atoms with van der Waals surface area (Å²) in [7, 11) is 3.24. The van der Waals surface area contributed by atoms with Gasteiger partial charge in [0.25, 0.3) is 5.91 Å². The summed E-state index contributed by atoms with van der Waals surface area (Å²) in [5.74, 6) is 2.13. The van der Waals surface area contributed by atoms with E-state index in [1.807, 2.05) is 42.5 Å². The summed E-state index contributed by atoms with van der Waals surface area (Å²) >= 11 is 0. The molecule has 0 aliphatic heterocycles. The SMILES string of the molecule is COc1ccc(C(NC(=O)c2c(C)oc3ccc(OC)cc23)C(C)C)cc1. The Balaban J connectivity index is 1.94. The number of carbonyl (C=O) groups excluding carboxylic acids is 1. The van der Waals surface area contributed by atoms with E-state index in [1.54, 1.807) is 21.1 Å². The van der Waals surface area contributed by atoms with E-state index in [0.717, 1.165) is 16.7 Å². The lowest BCUT2D eigenvalue weighted by molar-refractivity contribution is 0.0925. The smallest absolute Gasteiger partial charge is 0.255 e. The van der Waals surface area contributed by atoms with Crippen molar-refractivity contribution in [2.45, 2.75) is 26.8 Å². The Kier molecular flexibility index (Phi) is 5.40. The summed E-state index contributed by atoms with van der Waals surface area (Å²) < 4.78 is 16.3. The van der Waals surface area contributed by atoms with E-state index in [9.17, 15) is 4.79 Å². The van der Waals surface area contributed by atoms with E-state index in [2.05, 4.69) is 19.2 Å². The molecular weight excluding hydrogens is 342 g/mol. The Morgan fingerprint density at radius 1 is 1.00 bits per heavy atom. The van der Waals surface area contributed by atoms with Gasteiger partial charge in [0.1, 0.15) is 22.8 Å². The van der Waals surface area contributed by atoms with E-state index >= 15 is 0 Å². The summed E-state index contributed by atoms with van der Waals surface area (Å²) in [5.41, 5.74) is 2.24. The summed E-state index contributed by atoms with van der Waals surface area (Å²) in [6.45, 7) is 5.97. The highest BCUT2D eigenvalue weighted by atomic mass is 16.5. The number of furan rings is 1. The third-order valence-electron chi connectivity index (χ3n) is 4.73. The number of benzene rings is 2. The van der Waals surface area contributed by atoms with Gasteiger partial charge < -0.3 is 19.2 Å². The van der Waals surface area contributed by atoms with Crippen molar-refractivity contribution in [3.05, 3.63) is 59.4 Å². The molecule has 1 amide bonds. The minimum absolute atomic E-state index is 0.127. The third-order valence-corrected chi connectivity index (χ3v) is 4.73. The molecule has 1 aromatic heterocycles. The fourth-order valence-electron chi connectivity index (χ4n) is 3.27. The molecule has 27 heavy (non-hydrogen) atoms. The Morgan fingerprint density at radius 2 is 1.63 bits per heavy atom. The van der Waals surface area contributed by atoms with Crippen molar-refractivity contribution in [1.82, 2.24) is 5.32 Å². The van der Waals surface area contributed by atoms with Crippen LogP contribution in [0.3, 0.4) is 0 Å². The Hall–Kier alpha value is -2.95. The van der Waals surface area contributed by atoms with Gasteiger partial charge in [-0.3, -0.25) is 4.79 Å². The van der Waals surface area contributed by atoms with Crippen LogP contribution < -0.4 is 14.8 Å². The molecule has 1 atom stereocenters. The van der Waals surface area contributed by atoms with E-state index < -0.39 is 0 Å². The number of ether oxygens (including phenoxy) is 2. The zero-order chi connectivity index (χ0) is 19.6. The maximum atomic E-state index is 13.1. The van der Waals surface area contributed by atoms with E-state index in [1.165, 1.54) is 0 Å². The van der Waals surface area contributed by atoms with Gasteiger partial charge in [-0.25, -0.2) is 0 Å². The summed E-state index contributed by atoms with van der Waals surface area (Å²) in [6, 6.07) is 13.1. The van der Waals surface area contributed by atoms with Gasteiger partial charge in [-0.05, 0) is 48.7 Å². The first-order chi connectivity index (χ1) is 12.9. The van der Waals surface area contributed by atoms with Crippen LogP contribution >= 0.6 is 0 Å². The topological polar surface area (TPSA) is 60.7 Å². The lowest BCUT2D eigenvalue weighted by Crippen LogP contribution is -2.32. The molecule has 3 rings (SSSR count). The maximum absolute atomic E-state index is 13.1. The summed E-state index contributed by atoms with van der Waals surface area (Å²) in [6.07, 6.45) is 0. The van der Waals surface area contributed by atoms with Crippen molar-refractivity contribution >= 4 is 16.9 Å². The first-order valence-electron chi connectivity index (χ1n) is 8.96. The van der Waals surface area contributed by atoms with Crippen LogP contribution in [0.4, 0.5) is 0 Å². The van der Waals surface area contributed by atoms with Gasteiger partial charge in [0.05, 0.1) is 25.8 Å². The van der Waals surface area contributed by atoms with Crippen LogP contribution in [0.25, 0.3) is 11.0 Å². The monoisotopic (exact) mass is 367 g/mol. The average molecular weight is 367 g/mol. The minimum atomic E-state index is -0.158. The first kappa shape index (κ1) is 18.8. The molecular formula is C22H25NO4. The van der Waals surface area contributed by atoms with Crippen LogP contribution in [0, 0.1) is 12.8 Å². The summed E-state index contributed by atoms with van der Waals surface area (Å²) in [4.78, 5) is 13.1. The lowest BCUT2D eigenvalue weighted by atomic mass is 9.95. The van der Waals surface area contributed by atoms with Crippen molar-refractivity contribution in [2.75, 3.05) is 14.2 Å². The molecule has 3 aromatic rings. The van der Waals surface area contributed by atoms with Crippen molar-refractivity contribution < 1.29 is 18.7 Å². The van der Waals surface area contributed by atoms with Crippen LogP contribution in [-0.2, 0) is 0 Å². The number of carbonyl (C=O) groups is 1. The van der Waals surface area contributed by atoms with Crippen molar-refractivity contribution in [3.63, 3.8) is 0 Å². The van der Waals surface area contributed by atoms with Gasteiger partial charge in [0, 0.05) is 5.39 Å². The number of nitrogens with one attached hydrogen (secondary N) is 1. The lowest BCUT2D eigenvalue weighted by Gasteiger charge is -2.23. The van der Waals surface area contributed by atoms with E-state index in [-0.39, 0.29) is 17.9 Å². The van der Waals surface area contributed by atoms with Crippen molar-refractivity contribution in [1.29, 1.82) is 0 Å². The van der Waals surface area contributed by atoms with Crippen LogP contribution in [0.2, 0.25) is 0 Å². The molecule has 5 heteroatoms. The van der Waals surface area contributed by atoms with Crippen molar-refractivity contribution in [2.24, 2.45) is 5.92 Å². The van der Waals surface area contributed by atoms with Gasteiger partial charge >= 0.3 is 0 Å². The fraction of sp³-hybridized carbons (Fsp3) is 0.318. The molecule has 0 aliphatic carbocycles. The second-order valence-electron chi connectivity index (χ2n) is 6.86. The van der Waals surface area contributed by atoms with Crippen LogP contribution in [0.1, 0.15) is 41.6 Å². The molecule has 5 nitrogen and oxygen atoms in total. The molecule has 1 heterocycles. The molecule has 0 aliphatic rings. The highest BCUT2D eigenvalue weighted by Crippen LogP contribution is 2.30. The first-order valence-corrected chi connectivity index (χ1v) is 8.96. The van der Waals surface area contributed by atoms with Gasteiger partial charge in [0.2, 0.25) is 0 Å². The van der Waals surface area contributed by atoms with E-state index in [4.69, 9.17) is 13.9 Å². The number of amides is 1. The van der Waals surface area contributed by atoms with Gasteiger partial charge in [-0.2, -0.15) is 0 Å². The molecule has 0 bridgehead atoms. The minimum Gasteiger partial charge on any atom is -0.497 e. The number of aryl methyl sites for hydroxylation is 1. The second kappa shape index (κ2) is 7.74. The molecule has 1 N–H and O–H groups in total. The molecule has 1 unspecified atom stereocenters. The fourth-order valence-corrected chi connectivity index (χ4v) is 3.27. The number of rotatable bonds is 6. The number of methoxy groups -OCH3 is 2. The molecule has 142 valence electrons. The Labute approximate surface area is 159 Å². The number of hydrogen-bond donors (Lipinski definition) is 1. The van der Waals surface area contributed by atoms with Crippen LogP contribution in [-0.4, -0.2) is 20.1 Å². The standard InChI is InChI=1S/C22H25NO4/c1-13(2)21(15-6-8-16(25-4)9-7-15)23-22(24)20-14(3)27-19-11-10-17(26-5)12-18(19)20/h6-13,21H,1-5H3,(H,23,24). The van der Waals surface area contributed by atoms with E-state index in [0.29, 0.717) is 22.7 Å². The zero-order valence-corrected chi connectivity index (χ0v) is 16.3. The Bertz CT molecular complexity index is 941. The second-order valence-corrected chi connectivity index (χ2v) is 6.86. The average Bonchev–Trinajstić information content (AvgIpc) is 3.00. The molecule has 0 saturated carbocycles. The largest absolute Gasteiger partial charge is 0.497 e. The van der Waals surface area contributed by atoms with Crippen LogP contribution in [0.15, 0.2) is 46.9 Å².